The predicted octanol–water partition coefficient (Wildman–Crippen LogP) is 4.03. The molecule has 0 bridgehead atoms. The minimum Gasteiger partial charge on any atom is -0.444 e. The van der Waals surface area contributed by atoms with Crippen molar-refractivity contribution in [3.63, 3.8) is 0 Å². The van der Waals surface area contributed by atoms with Crippen LogP contribution in [-0.2, 0) is 22.5 Å². The number of carbonyl (C=O) groups excluding carboxylic acids is 3. The van der Waals surface area contributed by atoms with Gasteiger partial charge in [0.05, 0.1) is 12.9 Å². The van der Waals surface area contributed by atoms with Crippen molar-refractivity contribution >= 4 is 18.0 Å². The number of rotatable bonds is 7. The van der Waals surface area contributed by atoms with E-state index < -0.39 is 23.9 Å². The van der Waals surface area contributed by atoms with Crippen molar-refractivity contribution in [2.75, 3.05) is 26.2 Å². The summed E-state index contributed by atoms with van der Waals surface area (Å²) in [5, 5.41) is 6.11. The third-order valence-corrected chi connectivity index (χ3v) is 8.24. The first-order chi connectivity index (χ1) is 19.1. The van der Waals surface area contributed by atoms with E-state index in [1.54, 1.807) is 32.0 Å². The molecule has 0 spiro atoms. The van der Waals surface area contributed by atoms with Crippen LogP contribution in [0.15, 0.2) is 12.5 Å². The lowest BCUT2D eigenvalue weighted by atomic mass is 9.88. The number of carbonyl (C=O) groups is 3. The quantitative estimate of drug-likeness (QED) is 0.522. The molecule has 4 amide bonds. The number of nitrogens with zero attached hydrogens (tertiary/aromatic N) is 4. The van der Waals surface area contributed by atoms with Crippen LogP contribution in [0.4, 0.5) is 14.0 Å². The lowest BCUT2D eigenvalue weighted by molar-refractivity contribution is -0.127. The minimum absolute atomic E-state index is 0.0774. The molecular weight excluding hydrogens is 515 g/mol. The molecule has 40 heavy (non-hydrogen) atoms. The largest absolute Gasteiger partial charge is 0.444 e. The van der Waals surface area contributed by atoms with Crippen molar-refractivity contribution in [3.8, 4) is 0 Å². The summed E-state index contributed by atoms with van der Waals surface area (Å²) in [5.41, 5.74) is 0.354. The maximum absolute atomic E-state index is 13.5. The Morgan fingerprint density at radius 2 is 1.77 bits per heavy atom. The van der Waals surface area contributed by atoms with Crippen molar-refractivity contribution in [3.05, 3.63) is 18.2 Å². The van der Waals surface area contributed by atoms with Crippen LogP contribution in [0.1, 0.15) is 84.3 Å². The first-order valence-corrected chi connectivity index (χ1v) is 15.0. The van der Waals surface area contributed by atoms with Gasteiger partial charge in [0.15, 0.2) is 0 Å². The van der Waals surface area contributed by atoms with Crippen molar-refractivity contribution in [1.29, 1.82) is 0 Å². The van der Waals surface area contributed by atoms with E-state index in [0.717, 1.165) is 50.8 Å². The average Bonchev–Trinajstić information content (AvgIpc) is 3.35. The van der Waals surface area contributed by atoms with E-state index in [4.69, 9.17) is 4.74 Å². The first-order valence-electron chi connectivity index (χ1n) is 15.0. The van der Waals surface area contributed by atoms with Gasteiger partial charge in [0, 0.05) is 50.5 Å². The molecule has 0 unspecified atom stereocenters. The van der Waals surface area contributed by atoms with Gasteiger partial charge in [-0.25, -0.2) is 19.0 Å². The van der Waals surface area contributed by atoms with Crippen LogP contribution in [0.3, 0.4) is 0 Å². The van der Waals surface area contributed by atoms with Gasteiger partial charge in [-0.2, -0.15) is 0 Å². The van der Waals surface area contributed by atoms with Gasteiger partial charge in [-0.3, -0.25) is 4.79 Å². The molecule has 1 aromatic heterocycles. The maximum Gasteiger partial charge on any atom is 0.410 e. The highest BCUT2D eigenvalue weighted by atomic mass is 19.1. The number of amides is 4. The second-order valence-electron chi connectivity index (χ2n) is 12.6. The fourth-order valence-electron chi connectivity index (χ4n) is 5.98. The maximum atomic E-state index is 13.5. The molecule has 224 valence electrons. The fourth-order valence-corrected chi connectivity index (χ4v) is 5.98. The number of urea groups is 1. The van der Waals surface area contributed by atoms with E-state index >= 15 is 0 Å². The van der Waals surface area contributed by atoms with Crippen LogP contribution in [0.2, 0.25) is 0 Å². The number of nitrogens with one attached hydrogen (secondary N) is 2. The SMILES string of the molecule is CC(C)(C)OC(=O)N1CCN(C(=O)NC2CCCCC2)[C@@H](C(=O)NCCc2cncn2CC2CCC(F)CC2)C1. The molecule has 0 radical (unpaired) electrons. The molecule has 3 aliphatic rings. The van der Waals surface area contributed by atoms with Gasteiger partial charge in [-0.1, -0.05) is 19.3 Å². The van der Waals surface area contributed by atoms with Crippen molar-refractivity contribution in [2.45, 2.75) is 115 Å². The number of hydrogen-bond donors (Lipinski definition) is 2. The molecule has 3 fully saturated rings. The van der Waals surface area contributed by atoms with E-state index in [1.807, 2.05) is 6.20 Å². The van der Waals surface area contributed by atoms with Crippen LogP contribution in [-0.4, -0.2) is 87.4 Å². The molecule has 1 aliphatic heterocycles. The first kappa shape index (κ1) is 30.1. The number of alkyl halides is 1. The zero-order valence-corrected chi connectivity index (χ0v) is 24.4. The predicted molar refractivity (Wildman–Crippen MR) is 150 cm³/mol. The van der Waals surface area contributed by atoms with Gasteiger partial charge in [-0.05, 0) is 65.2 Å². The smallest absolute Gasteiger partial charge is 0.410 e. The van der Waals surface area contributed by atoms with Crippen LogP contribution in [0.5, 0.6) is 0 Å². The van der Waals surface area contributed by atoms with E-state index in [1.165, 1.54) is 11.3 Å². The fraction of sp³-hybridized carbons (Fsp3) is 0.793. The van der Waals surface area contributed by atoms with Gasteiger partial charge >= 0.3 is 12.1 Å². The van der Waals surface area contributed by atoms with Crippen LogP contribution < -0.4 is 10.6 Å². The molecule has 1 aromatic rings. The van der Waals surface area contributed by atoms with E-state index in [9.17, 15) is 18.8 Å². The Morgan fingerprint density at radius 1 is 1.05 bits per heavy atom. The number of piperazine rings is 1. The van der Waals surface area contributed by atoms with Gasteiger partial charge in [0.2, 0.25) is 5.91 Å². The van der Waals surface area contributed by atoms with Gasteiger partial charge in [0.1, 0.15) is 17.8 Å². The van der Waals surface area contributed by atoms with E-state index in [0.29, 0.717) is 38.3 Å². The zero-order valence-electron chi connectivity index (χ0n) is 24.4. The van der Waals surface area contributed by atoms with Crippen LogP contribution >= 0.6 is 0 Å². The molecule has 2 N–H and O–H groups in total. The Kier molecular flexibility index (Phi) is 10.3. The Morgan fingerprint density at radius 3 is 2.48 bits per heavy atom. The summed E-state index contributed by atoms with van der Waals surface area (Å²) >= 11 is 0. The molecule has 11 heteroatoms. The number of halogens is 1. The summed E-state index contributed by atoms with van der Waals surface area (Å²) in [5.74, 6) is 0.145. The second kappa shape index (κ2) is 13.7. The van der Waals surface area contributed by atoms with Crippen molar-refractivity contribution in [2.24, 2.45) is 5.92 Å². The summed E-state index contributed by atoms with van der Waals surface area (Å²) in [6, 6.07) is -0.947. The Balaban J connectivity index is 1.35. The summed E-state index contributed by atoms with van der Waals surface area (Å²) in [6.45, 7) is 7.23. The number of hydrogen-bond acceptors (Lipinski definition) is 5. The molecule has 2 saturated carbocycles. The third-order valence-electron chi connectivity index (χ3n) is 8.24. The van der Waals surface area contributed by atoms with E-state index in [2.05, 4.69) is 20.2 Å². The molecule has 0 aromatic carbocycles. The Bertz CT molecular complexity index is 997. The molecule has 1 atom stereocenters. The topological polar surface area (TPSA) is 109 Å². The summed E-state index contributed by atoms with van der Waals surface area (Å²) in [4.78, 5) is 46.9. The van der Waals surface area contributed by atoms with E-state index in [-0.39, 0.29) is 31.1 Å². The molecule has 4 rings (SSSR count). The van der Waals surface area contributed by atoms with Gasteiger partial charge in [-0.15, -0.1) is 0 Å². The average molecular weight is 563 g/mol. The highest BCUT2D eigenvalue weighted by Crippen LogP contribution is 2.28. The lowest BCUT2D eigenvalue weighted by Gasteiger charge is -2.41. The molecule has 2 aliphatic carbocycles. The molecular formula is C29H47FN6O4. The number of aromatic nitrogens is 2. The normalized spacial score (nSPS) is 24.4. The minimum atomic E-state index is -0.814. The summed E-state index contributed by atoms with van der Waals surface area (Å²) < 4.78 is 21.2. The second-order valence-corrected chi connectivity index (χ2v) is 12.6. The lowest BCUT2D eigenvalue weighted by Crippen LogP contribution is -2.64. The number of imidazole rings is 1. The Hall–Kier alpha value is -2.85. The highest BCUT2D eigenvalue weighted by Gasteiger charge is 2.39. The highest BCUT2D eigenvalue weighted by molar-refractivity contribution is 5.88. The molecule has 2 heterocycles. The van der Waals surface area contributed by atoms with Crippen LogP contribution in [0, 0.1) is 5.92 Å². The van der Waals surface area contributed by atoms with Gasteiger partial charge < -0.3 is 29.7 Å². The molecule has 10 nitrogen and oxygen atoms in total. The van der Waals surface area contributed by atoms with Crippen LogP contribution in [0.25, 0.3) is 0 Å². The van der Waals surface area contributed by atoms with Crippen molar-refractivity contribution < 1.29 is 23.5 Å². The van der Waals surface area contributed by atoms with Crippen molar-refractivity contribution in [1.82, 2.24) is 30.0 Å². The zero-order chi connectivity index (χ0) is 28.7. The number of ether oxygens (including phenoxy) is 1. The molecule has 1 saturated heterocycles. The van der Waals surface area contributed by atoms with Gasteiger partial charge in [0.25, 0.3) is 0 Å². The summed E-state index contributed by atoms with van der Waals surface area (Å²) in [6.07, 6.45) is 11.3. The third kappa shape index (κ3) is 8.57. The monoisotopic (exact) mass is 562 g/mol. The summed E-state index contributed by atoms with van der Waals surface area (Å²) in [7, 11) is 0. The Labute approximate surface area is 237 Å². The standard InChI is InChI=1S/C29H47FN6O4/c1-29(2,3)40-28(39)34-15-16-36(27(38)33-23-7-5-4-6-8-23)25(19-34)26(37)32-14-13-24-17-31-20-35(24)18-21-9-11-22(30)12-10-21/h17,20-23,25H,4-16,18-19H2,1-3H3,(H,32,37)(H,33,38)/t21?,22?,25-/m1/s1.